The van der Waals surface area contributed by atoms with Crippen molar-refractivity contribution in [3.8, 4) is 0 Å². The number of piperidine rings is 1. The van der Waals surface area contributed by atoms with Crippen molar-refractivity contribution in [3.63, 3.8) is 0 Å². The van der Waals surface area contributed by atoms with E-state index >= 15 is 0 Å². The number of amides is 1. The highest BCUT2D eigenvalue weighted by Gasteiger charge is 2.26. The van der Waals surface area contributed by atoms with Gasteiger partial charge in [0, 0.05) is 25.0 Å². The Morgan fingerprint density at radius 3 is 2.32 bits per heavy atom. The number of carbonyl (C=O) groups is 1. The average molecular weight is 418 g/mol. The number of aryl methyl sites for hydroxylation is 1. The summed E-state index contributed by atoms with van der Waals surface area (Å²) in [4.78, 5) is 28.1. The van der Waals surface area contributed by atoms with Crippen molar-refractivity contribution in [2.75, 3.05) is 13.1 Å². The van der Waals surface area contributed by atoms with Crippen LogP contribution >= 0.6 is 0 Å². The molecule has 1 amide bonds. The Labute approximate surface area is 183 Å². The van der Waals surface area contributed by atoms with Crippen LogP contribution in [0.25, 0.3) is 10.8 Å². The summed E-state index contributed by atoms with van der Waals surface area (Å²) < 4.78 is 1.47. The van der Waals surface area contributed by atoms with Crippen LogP contribution in [-0.4, -0.2) is 33.7 Å². The number of fused-ring (bicyclic) bond motifs is 1. The van der Waals surface area contributed by atoms with Crippen LogP contribution in [0.5, 0.6) is 0 Å². The summed E-state index contributed by atoms with van der Waals surface area (Å²) in [6, 6.07) is 17.9. The molecule has 1 aliphatic rings. The van der Waals surface area contributed by atoms with E-state index in [1.54, 1.807) is 6.07 Å². The molecule has 2 heterocycles. The molecule has 4 rings (SSSR count). The number of aromatic nitrogens is 2. The summed E-state index contributed by atoms with van der Waals surface area (Å²) >= 11 is 0. The van der Waals surface area contributed by atoms with E-state index in [0.29, 0.717) is 28.9 Å². The van der Waals surface area contributed by atoms with Gasteiger partial charge in [-0.1, -0.05) is 62.4 Å². The Morgan fingerprint density at radius 1 is 1.00 bits per heavy atom. The monoisotopic (exact) mass is 417 g/mol. The molecular formula is C26H31N3O2. The quantitative estimate of drug-likeness (QED) is 0.592. The lowest BCUT2D eigenvalue weighted by atomic mass is 9.90. The fraction of sp³-hybridized carbons (Fsp3) is 0.423. The van der Waals surface area contributed by atoms with Crippen molar-refractivity contribution >= 4 is 16.7 Å². The molecule has 0 spiro atoms. The molecule has 1 aliphatic heterocycles. The molecule has 1 aromatic heterocycles. The second kappa shape index (κ2) is 9.46. The zero-order valence-electron chi connectivity index (χ0n) is 18.5. The van der Waals surface area contributed by atoms with Crippen molar-refractivity contribution in [2.45, 2.75) is 46.1 Å². The molecule has 0 radical (unpaired) electrons. The van der Waals surface area contributed by atoms with Crippen LogP contribution in [0.3, 0.4) is 0 Å². The molecule has 162 valence electrons. The predicted molar refractivity (Wildman–Crippen MR) is 124 cm³/mol. The van der Waals surface area contributed by atoms with Crippen LogP contribution in [0.4, 0.5) is 0 Å². The van der Waals surface area contributed by atoms with Crippen molar-refractivity contribution in [1.82, 2.24) is 14.7 Å². The second-order valence-electron chi connectivity index (χ2n) is 9.04. The standard InChI is InChI=1S/C26H31N3O2/c1-19(2)18-29-25(30)23-11-7-6-10-22(23)24(27-29)26(31)28-16-14-21(15-17-28)13-12-20-8-4-3-5-9-20/h3-11,19,21H,12-18H2,1-2H3. The number of likely N-dealkylation sites (tertiary alicyclic amines) is 1. The smallest absolute Gasteiger partial charge is 0.274 e. The Morgan fingerprint density at radius 2 is 1.65 bits per heavy atom. The maximum absolute atomic E-state index is 13.4. The summed E-state index contributed by atoms with van der Waals surface area (Å²) in [6.45, 7) is 6.09. The Bertz CT molecular complexity index is 1100. The summed E-state index contributed by atoms with van der Waals surface area (Å²) in [5, 5.41) is 5.75. The van der Waals surface area contributed by atoms with E-state index in [-0.39, 0.29) is 17.4 Å². The van der Waals surface area contributed by atoms with Gasteiger partial charge in [-0.25, -0.2) is 4.68 Å². The number of nitrogens with zero attached hydrogens (tertiary/aromatic N) is 3. The first-order valence-corrected chi connectivity index (χ1v) is 11.4. The predicted octanol–water partition coefficient (Wildman–Crippen LogP) is 4.54. The Hall–Kier alpha value is -2.95. The minimum absolute atomic E-state index is 0.0600. The highest BCUT2D eigenvalue weighted by Crippen LogP contribution is 2.24. The van der Waals surface area contributed by atoms with Crippen molar-refractivity contribution in [3.05, 3.63) is 76.2 Å². The minimum atomic E-state index is -0.125. The van der Waals surface area contributed by atoms with Gasteiger partial charge in [0.05, 0.1) is 5.39 Å². The minimum Gasteiger partial charge on any atom is -0.337 e. The normalized spacial score (nSPS) is 15.0. The van der Waals surface area contributed by atoms with E-state index in [9.17, 15) is 9.59 Å². The van der Waals surface area contributed by atoms with Crippen LogP contribution in [0.2, 0.25) is 0 Å². The number of rotatable bonds is 6. The third kappa shape index (κ3) is 4.87. The van der Waals surface area contributed by atoms with E-state index in [0.717, 1.165) is 38.8 Å². The van der Waals surface area contributed by atoms with Gasteiger partial charge in [-0.3, -0.25) is 9.59 Å². The van der Waals surface area contributed by atoms with Gasteiger partial charge >= 0.3 is 0 Å². The van der Waals surface area contributed by atoms with E-state index in [4.69, 9.17) is 0 Å². The van der Waals surface area contributed by atoms with Crippen LogP contribution in [0.1, 0.15) is 49.2 Å². The van der Waals surface area contributed by atoms with Crippen molar-refractivity contribution in [1.29, 1.82) is 0 Å². The fourth-order valence-corrected chi connectivity index (χ4v) is 4.45. The first kappa shape index (κ1) is 21.3. The molecule has 5 nitrogen and oxygen atoms in total. The summed E-state index contributed by atoms with van der Waals surface area (Å²) in [5.41, 5.74) is 1.66. The van der Waals surface area contributed by atoms with Gasteiger partial charge in [-0.05, 0) is 49.1 Å². The summed E-state index contributed by atoms with van der Waals surface area (Å²) in [5.74, 6) is 0.855. The molecular weight excluding hydrogens is 386 g/mol. The van der Waals surface area contributed by atoms with Crippen LogP contribution in [0, 0.1) is 11.8 Å². The molecule has 3 aromatic rings. The van der Waals surface area contributed by atoms with Gasteiger partial charge in [-0.15, -0.1) is 0 Å². The van der Waals surface area contributed by atoms with Crippen LogP contribution in [-0.2, 0) is 13.0 Å². The van der Waals surface area contributed by atoms with Gasteiger partial charge in [0.1, 0.15) is 0 Å². The van der Waals surface area contributed by atoms with Gasteiger partial charge in [-0.2, -0.15) is 5.10 Å². The zero-order chi connectivity index (χ0) is 21.8. The maximum Gasteiger partial charge on any atom is 0.274 e. The molecule has 0 N–H and O–H groups in total. The number of benzene rings is 2. The lowest BCUT2D eigenvalue weighted by Crippen LogP contribution is -2.40. The molecule has 0 unspecified atom stereocenters. The highest BCUT2D eigenvalue weighted by atomic mass is 16.2. The third-order valence-electron chi connectivity index (χ3n) is 6.19. The Kier molecular flexibility index (Phi) is 6.50. The van der Waals surface area contributed by atoms with Gasteiger partial charge in [0.2, 0.25) is 0 Å². The molecule has 5 heteroatoms. The second-order valence-corrected chi connectivity index (χ2v) is 9.04. The lowest BCUT2D eigenvalue weighted by Gasteiger charge is -2.32. The zero-order valence-corrected chi connectivity index (χ0v) is 18.5. The fourth-order valence-electron chi connectivity index (χ4n) is 4.45. The molecule has 1 fully saturated rings. The van der Waals surface area contributed by atoms with Gasteiger partial charge in [0.15, 0.2) is 5.69 Å². The number of hydrogen-bond donors (Lipinski definition) is 0. The highest BCUT2D eigenvalue weighted by molar-refractivity contribution is 6.04. The maximum atomic E-state index is 13.4. The van der Waals surface area contributed by atoms with Crippen molar-refractivity contribution in [2.24, 2.45) is 11.8 Å². The molecule has 1 saturated heterocycles. The topological polar surface area (TPSA) is 55.2 Å². The van der Waals surface area contributed by atoms with E-state index < -0.39 is 0 Å². The number of carbonyl (C=O) groups excluding carboxylic acids is 1. The molecule has 0 aliphatic carbocycles. The van der Waals surface area contributed by atoms with Crippen LogP contribution in [0.15, 0.2) is 59.4 Å². The molecule has 0 bridgehead atoms. The SMILES string of the molecule is CC(C)Cn1nc(C(=O)N2CCC(CCc3ccccc3)CC2)c2ccccc2c1=O. The summed E-state index contributed by atoms with van der Waals surface area (Å²) in [6.07, 6.45) is 4.28. The third-order valence-corrected chi connectivity index (χ3v) is 6.19. The first-order chi connectivity index (χ1) is 15.0. The number of hydrogen-bond acceptors (Lipinski definition) is 3. The van der Waals surface area contributed by atoms with Crippen molar-refractivity contribution < 1.29 is 4.79 Å². The molecule has 31 heavy (non-hydrogen) atoms. The van der Waals surface area contributed by atoms with Gasteiger partial charge in [0.25, 0.3) is 11.5 Å². The van der Waals surface area contributed by atoms with E-state index in [1.165, 1.54) is 10.2 Å². The van der Waals surface area contributed by atoms with Crippen LogP contribution < -0.4 is 5.56 Å². The van der Waals surface area contributed by atoms with E-state index in [1.807, 2.05) is 36.9 Å². The first-order valence-electron chi connectivity index (χ1n) is 11.4. The largest absolute Gasteiger partial charge is 0.337 e. The molecule has 2 aromatic carbocycles. The van der Waals surface area contributed by atoms with E-state index in [2.05, 4.69) is 35.4 Å². The lowest BCUT2D eigenvalue weighted by molar-refractivity contribution is 0.0680. The average Bonchev–Trinajstić information content (AvgIpc) is 2.80. The molecule has 0 saturated carbocycles. The summed E-state index contributed by atoms with van der Waals surface area (Å²) in [7, 11) is 0. The molecule has 0 atom stereocenters. The Balaban J connectivity index is 1.48. The van der Waals surface area contributed by atoms with Gasteiger partial charge < -0.3 is 4.90 Å².